The zero-order chi connectivity index (χ0) is 25.1. The molecule has 2 aromatic carbocycles. The fourth-order valence-corrected chi connectivity index (χ4v) is 5.51. The van der Waals surface area contributed by atoms with Gasteiger partial charge in [0.15, 0.2) is 6.61 Å². The number of halogens is 1. The number of hydrogen-bond acceptors (Lipinski definition) is 6. The van der Waals surface area contributed by atoms with Crippen LogP contribution in [0.25, 0.3) is 0 Å². The average Bonchev–Trinajstić information content (AvgIpc) is 2.79. The van der Waals surface area contributed by atoms with Crippen LogP contribution in [0, 0.1) is 13.8 Å². The van der Waals surface area contributed by atoms with Crippen LogP contribution in [0.15, 0.2) is 53.1 Å². The number of carbonyl (C=O) groups is 1. The molecule has 10 heteroatoms. The minimum absolute atomic E-state index is 0.323. The van der Waals surface area contributed by atoms with E-state index in [2.05, 4.69) is 20.9 Å². The topological polar surface area (TPSA) is 112 Å². The molecule has 0 spiro atoms. The number of carboxylic acids is 1. The summed E-state index contributed by atoms with van der Waals surface area (Å²) in [7, 11) is 0. The van der Waals surface area contributed by atoms with Crippen molar-refractivity contribution in [1.82, 2.24) is 4.98 Å². The second-order valence-electron chi connectivity index (χ2n) is 8.36. The molecule has 0 saturated heterocycles. The summed E-state index contributed by atoms with van der Waals surface area (Å²) in [6.07, 6.45) is 3.46. The summed E-state index contributed by atoms with van der Waals surface area (Å²) in [5.41, 5.74) is 4.11. The number of pyridine rings is 1. The molecular weight excluding hydrogens is 536 g/mol. The summed E-state index contributed by atoms with van der Waals surface area (Å²) in [5.74, 6) is 0.352. The Balaban J connectivity index is 1.65. The van der Waals surface area contributed by atoms with Gasteiger partial charge in [-0.3, -0.25) is 8.51 Å². The molecule has 0 amide bonds. The standard InChI is InChI=1S/C25H25BrN2O6S/c1-15-9-16(2)11-18(10-15)34-25-21(26)12-17(13-27-25)28(35(31)32)22-7-3-6-20-19(22)5-4-8-23(20)33-14-24(29)30/h4-5,8-13,22H,3,6-7,14H2,1-2H3,(H,29,30)(H,31,32)/p-1. The number of anilines is 1. The van der Waals surface area contributed by atoms with Gasteiger partial charge in [-0.2, -0.15) is 0 Å². The third-order valence-corrected chi connectivity index (χ3v) is 7.04. The van der Waals surface area contributed by atoms with E-state index in [1.165, 1.54) is 10.5 Å². The van der Waals surface area contributed by atoms with E-state index in [9.17, 15) is 13.6 Å². The predicted molar refractivity (Wildman–Crippen MR) is 135 cm³/mol. The Labute approximate surface area is 214 Å². The number of carboxylic acid groups (broad SMARTS) is 1. The second kappa shape index (κ2) is 10.8. The van der Waals surface area contributed by atoms with Crippen molar-refractivity contribution in [2.24, 2.45) is 0 Å². The first-order chi connectivity index (χ1) is 16.7. The van der Waals surface area contributed by atoms with Gasteiger partial charge in [-0.25, -0.2) is 9.78 Å². The van der Waals surface area contributed by atoms with E-state index in [4.69, 9.17) is 14.6 Å². The van der Waals surface area contributed by atoms with Crippen molar-refractivity contribution in [1.29, 1.82) is 0 Å². The van der Waals surface area contributed by atoms with Crippen LogP contribution in [0.5, 0.6) is 17.4 Å². The Morgan fingerprint density at radius 3 is 2.66 bits per heavy atom. The van der Waals surface area contributed by atoms with Crippen molar-refractivity contribution in [2.45, 2.75) is 39.2 Å². The van der Waals surface area contributed by atoms with Crippen molar-refractivity contribution in [3.63, 3.8) is 0 Å². The molecule has 0 fully saturated rings. The third-order valence-electron chi connectivity index (χ3n) is 5.68. The molecule has 1 aromatic heterocycles. The SMILES string of the molecule is Cc1cc(C)cc(Oc2ncc(N(C3CCCc4c(OCC(=O)O)cccc43)S(=O)[O-])cc2Br)c1. The molecule has 184 valence electrons. The number of rotatable bonds is 8. The number of aryl methyl sites for hydroxylation is 2. The predicted octanol–water partition coefficient (Wildman–Crippen LogP) is 5.39. The molecule has 2 unspecified atom stereocenters. The van der Waals surface area contributed by atoms with Gasteiger partial charge in [-0.05, 0) is 95.6 Å². The molecule has 0 bridgehead atoms. The Morgan fingerprint density at radius 2 is 2.00 bits per heavy atom. The molecule has 3 aromatic rings. The molecule has 4 rings (SSSR count). The minimum atomic E-state index is -2.59. The van der Waals surface area contributed by atoms with E-state index in [0.29, 0.717) is 40.4 Å². The fourth-order valence-electron chi connectivity index (χ4n) is 4.39. The number of aromatic nitrogens is 1. The second-order valence-corrected chi connectivity index (χ2v) is 10.0. The molecule has 8 nitrogen and oxygen atoms in total. The molecular formula is C25H24BrN2O6S-. The van der Waals surface area contributed by atoms with E-state index in [0.717, 1.165) is 28.7 Å². The molecule has 1 N–H and O–H groups in total. The molecule has 1 heterocycles. The van der Waals surface area contributed by atoms with Gasteiger partial charge in [-0.15, -0.1) is 0 Å². The highest BCUT2D eigenvalue weighted by Crippen LogP contribution is 2.42. The molecule has 0 radical (unpaired) electrons. The first kappa shape index (κ1) is 25.2. The fraction of sp³-hybridized carbons (Fsp3) is 0.280. The average molecular weight is 560 g/mol. The highest BCUT2D eigenvalue weighted by atomic mass is 79.9. The number of benzene rings is 2. The summed E-state index contributed by atoms with van der Waals surface area (Å²) >= 11 is 0.881. The maximum atomic E-state index is 12.4. The van der Waals surface area contributed by atoms with Gasteiger partial charge in [-0.1, -0.05) is 18.2 Å². The quantitative estimate of drug-likeness (QED) is 0.368. The summed E-state index contributed by atoms with van der Waals surface area (Å²) in [4.78, 5) is 15.3. The first-order valence-electron chi connectivity index (χ1n) is 11.0. The number of fused-ring (bicyclic) bond motifs is 1. The lowest BCUT2D eigenvalue weighted by molar-refractivity contribution is -0.139. The lowest BCUT2D eigenvalue weighted by atomic mass is 9.87. The Bertz CT molecular complexity index is 1260. The summed E-state index contributed by atoms with van der Waals surface area (Å²) in [6.45, 7) is 3.50. The lowest BCUT2D eigenvalue weighted by Crippen LogP contribution is -2.33. The van der Waals surface area contributed by atoms with Crippen molar-refractivity contribution in [3.8, 4) is 17.4 Å². The first-order valence-corrected chi connectivity index (χ1v) is 12.8. The van der Waals surface area contributed by atoms with Crippen molar-refractivity contribution in [2.75, 3.05) is 10.9 Å². The van der Waals surface area contributed by atoms with E-state index < -0.39 is 29.9 Å². The Morgan fingerprint density at radius 1 is 1.26 bits per heavy atom. The van der Waals surface area contributed by atoms with E-state index in [1.54, 1.807) is 18.2 Å². The van der Waals surface area contributed by atoms with Crippen LogP contribution in [0.1, 0.15) is 41.1 Å². The van der Waals surface area contributed by atoms with Crippen LogP contribution in [-0.4, -0.2) is 31.4 Å². The number of hydrogen-bond donors (Lipinski definition) is 1. The molecule has 0 aliphatic heterocycles. The molecule has 2 atom stereocenters. The largest absolute Gasteiger partial charge is 0.755 e. The normalized spacial score (nSPS) is 15.7. The van der Waals surface area contributed by atoms with E-state index in [1.807, 2.05) is 38.1 Å². The number of aliphatic carboxylic acids is 1. The van der Waals surface area contributed by atoms with Gasteiger partial charge in [0, 0.05) is 11.3 Å². The van der Waals surface area contributed by atoms with Gasteiger partial charge in [0.25, 0.3) is 0 Å². The highest BCUT2D eigenvalue weighted by Gasteiger charge is 2.30. The van der Waals surface area contributed by atoms with Crippen LogP contribution in [0.3, 0.4) is 0 Å². The number of ether oxygens (including phenoxy) is 2. The zero-order valence-electron chi connectivity index (χ0n) is 19.2. The molecule has 0 saturated carbocycles. The van der Waals surface area contributed by atoms with Crippen LogP contribution in [0.2, 0.25) is 0 Å². The third kappa shape index (κ3) is 5.83. The highest BCUT2D eigenvalue weighted by molar-refractivity contribution is 9.10. The van der Waals surface area contributed by atoms with Crippen molar-refractivity contribution in [3.05, 3.63) is 75.4 Å². The van der Waals surface area contributed by atoms with Gasteiger partial charge in [0.05, 0.1) is 22.4 Å². The molecule has 1 aliphatic rings. The van der Waals surface area contributed by atoms with Crippen molar-refractivity contribution >= 4 is 38.9 Å². The van der Waals surface area contributed by atoms with Crippen LogP contribution in [0.4, 0.5) is 5.69 Å². The smallest absolute Gasteiger partial charge is 0.341 e. The Hall–Kier alpha value is -2.95. The van der Waals surface area contributed by atoms with E-state index >= 15 is 0 Å². The van der Waals surface area contributed by atoms with E-state index in [-0.39, 0.29) is 0 Å². The van der Waals surface area contributed by atoms with Crippen LogP contribution < -0.4 is 13.8 Å². The van der Waals surface area contributed by atoms with Gasteiger partial charge >= 0.3 is 5.97 Å². The number of nitrogens with zero attached hydrogens (tertiary/aromatic N) is 2. The van der Waals surface area contributed by atoms with Gasteiger partial charge in [0.1, 0.15) is 11.5 Å². The maximum absolute atomic E-state index is 12.4. The Kier molecular flexibility index (Phi) is 7.73. The lowest BCUT2D eigenvalue weighted by Gasteiger charge is -2.38. The van der Waals surface area contributed by atoms with Gasteiger partial charge in [0.2, 0.25) is 5.88 Å². The summed E-state index contributed by atoms with van der Waals surface area (Å²) < 4.78 is 38.0. The summed E-state index contributed by atoms with van der Waals surface area (Å²) in [5, 5.41) is 8.97. The van der Waals surface area contributed by atoms with Crippen LogP contribution >= 0.6 is 15.9 Å². The summed E-state index contributed by atoms with van der Waals surface area (Å²) in [6, 6.07) is 12.3. The van der Waals surface area contributed by atoms with Crippen molar-refractivity contribution < 1.29 is 28.1 Å². The molecule has 1 aliphatic carbocycles. The molecule has 35 heavy (non-hydrogen) atoms. The monoisotopic (exact) mass is 559 g/mol. The maximum Gasteiger partial charge on any atom is 0.341 e. The minimum Gasteiger partial charge on any atom is -0.755 e. The van der Waals surface area contributed by atoms with Gasteiger partial charge < -0.3 is 19.1 Å². The zero-order valence-corrected chi connectivity index (χ0v) is 21.6. The van der Waals surface area contributed by atoms with Crippen LogP contribution in [-0.2, 0) is 22.5 Å².